The molecule has 1 unspecified atom stereocenters. The molecule has 2 N–H and O–H groups in total. The van der Waals surface area contributed by atoms with Crippen molar-refractivity contribution in [3.63, 3.8) is 0 Å². The lowest BCUT2D eigenvalue weighted by molar-refractivity contribution is 0.538. The lowest BCUT2D eigenvalue weighted by Gasteiger charge is -2.24. The van der Waals surface area contributed by atoms with Crippen molar-refractivity contribution in [3.05, 3.63) is 60.2 Å². The highest BCUT2D eigenvalue weighted by Crippen LogP contribution is 2.27. The average molecular weight is 252 g/mol. The van der Waals surface area contributed by atoms with Gasteiger partial charge in [0, 0.05) is 13.2 Å². The number of aromatic nitrogens is 3. The van der Waals surface area contributed by atoms with Gasteiger partial charge in [0.1, 0.15) is 11.3 Å². The third-order valence-corrected chi connectivity index (χ3v) is 3.52. The van der Waals surface area contributed by atoms with Crippen molar-refractivity contribution >= 4 is 11.0 Å². The van der Waals surface area contributed by atoms with Crippen molar-refractivity contribution in [1.82, 2.24) is 14.5 Å². The van der Waals surface area contributed by atoms with E-state index in [9.17, 15) is 0 Å². The van der Waals surface area contributed by atoms with Gasteiger partial charge in [-0.05, 0) is 18.6 Å². The van der Waals surface area contributed by atoms with E-state index in [1.165, 1.54) is 0 Å². The first kappa shape index (κ1) is 11.9. The van der Waals surface area contributed by atoms with Gasteiger partial charge in [-0.3, -0.25) is 4.98 Å². The molecule has 3 aromatic rings. The molecule has 0 aliphatic rings. The Bertz CT molecular complexity index is 713. The maximum absolute atomic E-state index is 6.52. The van der Waals surface area contributed by atoms with Crippen LogP contribution in [0.4, 0.5) is 0 Å². The van der Waals surface area contributed by atoms with Crippen LogP contribution in [-0.4, -0.2) is 14.5 Å². The number of fused-ring (bicyclic) bond motifs is 1. The highest BCUT2D eigenvalue weighted by atomic mass is 15.1. The van der Waals surface area contributed by atoms with E-state index in [2.05, 4.69) is 9.97 Å². The quantitative estimate of drug-likeness (QED) is 0.760. The number of imidazole rings is 1. The second-order valence-corrected chi connectivity index (χ2v) is 4.93. The predicted molar refractivity (Wildman–Crippen MR) is 75.6 cm³/mol. The summed E-state index contributed by atoms with van der Waals surface area (Å²) < 4.78 is 2.03. The minimum absolute atomic E-state index is 0.630. The second-order valence-electron chi connectivity index (χ2n) is 4.93. The molecule has 0 amide bonds. The smallest absolute Gasteiger partial charge is 0.134 e. The Morgan fingerprint density at radius 2 is 1.89 bits per heavy atom. The Balaban J connectivity index is 2.21. The first-order valence-electron chi connectivity index (χ1n) is 6.22. The lowest BCUT2D eigenvalue weighted by atomic mass is 9.92. The SMILES string of the molecule is Cn1c(C(C)(N)c2ccccc2)nc2cnccc21. The number of nitrogens with zero attached hydrogens (tertiary/aromatic N) is 3. The molecule has 0 radical (unpaired) electrons. The molecule has 1 aromatic carbocycles. The Morgan fingerprint density at radius 1 is 1.16 bits per heavy atom. The number of aryl methyl sites for hydroxylation is 1. The number of nitrogens with two attached hydrogens (primary N) is 1. The van der Waals surface area contributed by atoms with E-state index < -0.39 is 5.54 Å². The van der Waals surface area contributed by atoms with Crippen LogP contribution in [0.2, 0.25) is 0 Å². The van der Waals surface area contributed by atoms with Crippen molar-refractivity contribution < 1.29 is 0 Å². The van der Waals surface area contributed by atoms with E-state index in [0.717, 1.165) is 22.4 Å². The Kier molecular flexibility index (Phi) is 2.61. The van der Waals surface area contributed by atoms with Crippen molar-refractivity contribution in [2.45, 2.75) is 12.5 Å². The van der Waals surface area contributed by atoms with Crippen LogP contribution in [0.25, 0.3) is 11.0 Å². The Hall–Kier alpha value is -2.20. The fraction of sp³-hybridized carbons (Fsp3) is 0.200. The van der Waals surface area contributed by atoms with Gasteiger partial charge in [0.2, 0.25) is 0 Å². The predicted octanol–water partition coefficient (Wildman–Crippen LogP) is 2.19. The van der Waals surface area contributed by atoms with Gasteiger partial charge in [0.15, 0.2) is 0 Å². The molecule has 1 atom stereocenters. The normalized spacial score (nSPS) is 14.5. The van der Waals surface area contributed by atoms with Crippen LogP contribution in [0.15, 0.2) is 48.8 Å². The Labute approximate surface area is 111 Å². The molecule has 3 rings (SSSR count). The van der Waals surface area contributed by atoms with Crippen LogP contribution in [-0.2, 0) is 12.6 Å². The minimum Gasteiger partial charge on any atom is -0.329 e. The van der Waals surface area contributed by atoms with E-state index in [1.54, 1.807) is 12.4 Å². The molecule has 19 heavy (non-hydrogen) atoms. The monoisotopic (exact) mass is 252 g/mol. The van der Waals surface area contributed by atoms with Crippen molar-refractivity contribution in [1.29, 1.82) is 0 Å². The molecule has 4 heteroatoms. The van der Waals surface area contributed by atoms with Gasteiger partial charge in [-0.15, -0.1) is 0 Å². The Morgan fingerprint density at radius 3 is 2.58 bits per heavy atom. The summed E-state index contributed by atoms with van der Waals surface area (Å²) in [5.74, 6) is 0.835. The first-order chi connectivity index (χ1) is 9.10. The fourth-order valence-corrected chi connectivity index (χ4v) is 2.43. The van der Waals surface area contributed by atoms with Crippen molar-refractivity contribution in [2.75, 3.05) is 0 Å². The molecule has 0 aliphatic heterocycles. The molecule has 2 heterocycles. The van der Waals surface area contributed by atoms with Gasteiger partial charge in [-0.1, -0.05) is 30.3 Å². The van der Waals surface area contributed by atoms with Crippen LogP contribution in [0, 0.1) is 0 Å². The molecule has 96 valence electrons. The zero-order chi connectivity index (χ0) is 13.5. The third-order valence-electron chi connectivity index (χ3n) is 3.52. The number of benzene rings is 1. The zero-order valence-corrected chi connectivity index (χ0v) is 11.0. The van der Waals surface area contributed by atoms with Gasteiger partial charge < -0.3 is 10.3 Å². The molecular formula is C15H16N4. The maximum atomic E-state index is 6.52. The largest absolute Gasteiger partial charge is 0.329 e. The number of rotatable bonds is 2. The van der Waals surface area contributed by atoms with E-state index in [0.29, 0.717) is 0 Å². The minimum atomic E-state index is -0.630. The molecule has 0 bridgehead atoms. The lowest BCUT2D eigenvalue weighted by Crippen LogP contribution is -2.37. The molecule has 0 aliphatic carbocycles. The number of pyridine rings is 1. The maximum Gasteiger partial charge on any atom is 0.134 e. The van der Waals surface area contributed by atoms with Gasteiger partial charge in [0.25, 0.3) is 0 Å². The highest BCUT2D eigenvalue weighted by Gasteiger charge is 2.29. The van der Waals surface area contributed by atoms with E-state index >= 15 is 0 Å². The topological polar surface area (TPSA) is 56.7 Å². The fourth-order valence-electron chi connectivity index (χ4n) is 2.43. The molecule has 0 fully saturated rings. The first-order valence-corrected chi connectivity index (χ1v) is 6.22. The summed E-state index contributed by atoms with van der Waals surface area (Å²) in [6, 6.07) is 12.0. The summed E-state index contributed by atoms with van der Waals surface area (Å²) in [5.41, 5.74) is 8.84. The summed E-state index contributed by atoms with van der Waals surface area (Å²) in [5, 5.41) is 0. The van der Waals surface area contributed by atoms with Gasteiger partial charge >= 0.3 is 0 Å². The summed E-state index contributed by atoms with van der Waals surface area (Å²) in [6.07, 6.45) is 3.53. The van der Waals surface area contributed by atoms with Crippen LogP contribution < -0.4 is 5.73 Å². The van der Waals surface area contributed by atoms with Crippen LogP contribution >= 0.6 is 0 Å². The molecule has 0 spiro atoms. The van der Waals surface area contributed by atoms with Crippen LogP contribution in [0.1, 0.15) is 18.3 Å². The van der Waals surface area contributed by atoms with Crippen LogP contribution in [0.5, 0.6) is 0 Å². The van der Waals surface area contributed by atoms with Crippen LogP contribution in [0.3, 0.4) is 0 Å². The molecule has 0 saturated heterocycles. The highest BCUT2D eigenvalue weighted by molar-refractivity contribution is 5.75. The van der Waals surface area contributed by atoms with E-state index in [-0.39, 0.29) is 0 Å². The summed E-state index contributed by atoms with van der Waals surface area (Å²) in [7, 11) is 1.98. The summed E-state index contributed by atoms with van der Waals surface area (Å²) in [6.45, 7) is 1.98. The summed E-state index contributed by atoms with van der Waals surface area (Å²) in [4.78, 5) is 8.74. The van der Waals surface area contributed by atoms with Crippen molar-refractivity contribution in [3.8, 4) is 0 Å². The van der Waals surface area contributed by atoms with Gasteiger partial charge in [-0.2, -0.15) is 0 Å². The van der Waals surface area contributed by atoms with Crippen molar-refractivity contribution in [2.24, 2.45) is 12.8 Å². The summed E-state index contributed by atoms with van der Waals surface area (Å²) >= 11 is 0. The molecular weight excluding hydrogens is 236 g/mol. The molecule has 2 aromatic heterocycles. The van der Waals surface area contributed by atoms with E-state index in [1.807, 2.05) is 54.9 Å². The number of hydrogen-bond acceptors (Lipinski definition) is 3. The zero-order valence-electron chi connectivity index (χ0n) is 11.0. The van der Waals surface area contributed by atoms with E-state index in [4.69, 9.17) is 5.73 Å². The number of hydrogen-bond donors (Lipinski definition) is 1. The van der Waals surface area contributed by atoms with Gasteiger partial charge in [-0.25, -0.2) is 4.98 Å². The molecule has 0 saturated carbocycles. The van der Waals surface area contributed by atoms with Gasteiger partial charge in [0.05, 0.1) is 17.3 Å². The molecule has 4 nitrogen and oxygen atoms in total. The standard InChI is InChI=1S/C15H16N4/c1-15(16,11-6-4-3-5-7-11)14-18-12-10-17-9-8-13(12)19(14)2/h3-10H,16H2,1-2H3. The third kappa shape index (κ3) is 1.81. The average Bonchev–Trinajstić information content (AvgIpc) is 2.78. The second kappa shape index (κ2) is 4.17.